The second-order valence-electron chi connectivity index (χ2n) is 8.31. The summed E-state index contributed by atoms with van der Waals surface area (Å²) in [5, 5.41) is 5.12. The molecule has 0 aliphatic carbocycles. The van der Waals surface area contributed by atoms with Gasteiger partial charge in [0.2, 0.25) is 17.8 Å². The number of carbonyl (C=O) groups is 2. The molecule has 0 fully saturated rings. The third-order valence-electron chi connectivity index (χ3n) is 6.00. The molecule has 0 saturated heterocycles. The second-order valence-corrected chi connectivity index (χ2v) is 8.31. The maximum Gasteiger partial charge on any atom is 0.258 e. The summed E-state index contributed by atoms with van der Waals surface area (Å²) in [6.07, 6.45) is 1.58. The van der Waals surface area contributed by atoms with Crippen LogP contribution in [0.25, 0.3) is 0 Å². The van der Waals surface area contributed by atoms with Gasteiger partial charge in [-0.2, -0.15) is 4.98 Å². The van der Waals surface area contributed by atoms with Crippen LogP contribution in [-0.2, 0) is 16.0 Å². The molecule has 2 aliphatic heterocycles. The van der Waals surface area contributed by atoms with Crippen LogP contribution in [-0.4, -0.2) is 28.3 Å². The molecule has 9 heteroatoms. The quantitative estimate of drug-likeness (QED) is 0.571. The number of fused-ring (bicyclic) bond motifs is 2. The Bertz CT molecular complexity index is 1340. The molecule has 3 aromatic rings. The van der Waals surface area contributed by atoms with Gasteiger partial charge in [-0.25, -0.2) is 4.39 Å². The zero-order chi connectivity index (χ0) is 23.1. The number of carbonyl (C=O) groups excluding carboxylic acids is 2. The summed E-state index contributed by atoms with van der Waals surface area (Å²) < 4.78 is 14.2. The zero-order valence-corrected chi connectivity index (χ0v) is 17.9. The van der Waals surface area contributed by atoms with Crippen LogP contribution in [0.4, 0.5) is 27.5 Å². The monoisotopic (exact) mass is 447 g/mol. The van der Waals surface area contributed by atoms with Gasteiger partial charge >= 0.3 is 0 Å². The van der Waals surface area contributed by atoms with Gasteiger partial charge in [0.25, 0.3) is 5.56 Å². The predicted octanol–water partition coefficient (Wildman–Crippen LogP) is 3.37. The van der Waals surface area contributed by atoms with Gasteiger partial charge in [0, 0.05) is 18.7 Å². The molecule has 3 heterocycles. The van der Waals surface area contributed by atoms with Gasteiger partial charge in [-0.3, -0.25) is 19.4 Å². The number of H-pyrrole nitrogens is 1. The summed E-state index contributed by atoms with van der Waals surface area (Å²) in [6.45, 7) is 2.39. The highest BCUT2D eigenvalue weighted by molar-refractivity contribution is 6.04. The maximum atomic E-state index is 14.2. The third kappa shape index (κ3) is 3.86. The minimum atomic E-state index is -1.09. The molecule has 2 amide bonds. The molecule has 0 unspecified atom stereocenters. The Labute approximate surface area is 188 Å². The van der Waals surface area contributed by atoms with E-state index in [-0.39, 0.29) is 23.5 Å². The van der Waals surface area contributed by atoms with Crippen LogP contribution in [0.15, 0.2) is 47.3 Å². The third-order valence-corrected chi connectivity index (χ3v) is 6.00. The minimum Gasteiger partial charge on any atom is -0.323 e. The van der Waals surface area contributed by atoms with Crippen LogP contribution >= 0.6 is 0 Å². The first kappa shape index (κ1) is 20.9. The number of aromatic amines is 1. The topological polar surface area (TPSA) is 107 Å². The molecule has 5 rings (SSSR count). The van der Waals surface area contributed by atoms with E-state index in [1.807, 2.05) is 29.2 Å². The number of aryl methyl sites for hydroxylation is 2. The fourth-order valence-corrected chi connectivity index (χ4v) is 4.41. The highest BCUT2D eigenvalue weighted by atomic mass is 19.1. The molecule has 1 atom stereocenters. The smallest absolute Gasteiger partial charge is 0.258 e. The Morgan fingerprint density at radius 3 is 2.85 bits per heavy atom. The molecule has 0 saturated carbocycles. The van der Waals surface area contributed by atoms with E-state index in [2.05, 4.69) is 20.6 Å². The lowest BCUT2D eigenvalue weighted by Crippen LogP contribution is -2.38. The van der Waals surface area contributed by atoms with Crippen LogP contribution in [0.2, 0.25) is 0 Å². The highest BCUT2D eigenvalue weighted by Gasteiger charge is 2.35. The first-order valence-corrected chi connectivity index (χ1v) is 10.8. The first-order valence-electron chi connectivity index (χ1n) is 10.8. The van der Waals surface area contributed by atoms with Crippen molar-refractivity contribution in [3.05, 3.63) is 75.3 Å². The lowest BCUT2D eigenvalue weighted by Gasteiger charge is -2.31. The summed E-state index contributed by atoms with van der Waals surface area (Å²) in [4.78, 5) is 47.6. The number of nitrogens with one attached hydrogen (secondary N) is 3. The number of amides is 2. The molecule has 0 spiro atoms. The van der Waals surface area contributed by atoms with E-state index < -0.39 is 29.1 Å². The largest absolute Gasteiger partial charge is 0.323 e. The van der Waals surface area contributed by atoms with E-state index in [0.717, 1.165) is 24.1 Å². The van der Waals surface area contributed by atoms with Gasteiger partial charge in [0.15, 0.2) is 0 Å². The normalized spacial score (nSPS) is 17.1. The lowest BCUT2D eigenvalue weighted by atomic mass is 9.92. The van der Waals surface area contributed by atoms with Crippen molar-refractivity contribution in [2.45, 2.75) is 32.1 Å². The highest BCUT2D eigenvalue weighted by Crippen LogP contribution is 2.34. The van der Waals surface area contributed by atoms with Crippen LogP contribution in [0.5, 0.6) is 0 Å². The van der Waals surface area contributed by atoms with Crippen LogP contribution in [0.1, 0.15) is 35.4 Å². The summed E-state index contributed by atoms with van der Waals surface area (Å²) in [5.41, 5.74) is 2.34. The van der Waals surface area contributed by atoms with Gasteiger partial charge in [0.05, 0.1) is 17.2 Å². The van der Waals surface area contributed by atoms with Gasteiger partial charge < -0.3 is 15.5 Å². The fraction of sp³-hybridized carbons (Fsp3) is 0.250. The van der Waals surface area contributed by atoms with Gasteiger partial charge in [-0.15, -0.1) is 0 Å². The average molecular weight is 447 g/mol. The number of aromatic nitrogens is 2. The van der Waals surface area contributed by atoms with Crippen molar-refractivity contribution in [1.29, 1.82) is 0 Å². The van der Waals surface area contributed by atoms with Crippen molar-refractivity contribution in [2.75, 3.05) is 22.1 Å². The van der Waals surface area contributed by atoms with Gasteiger partial charge in [-0.1, -0.05) is 24.3 Å². The summed E-state index contributed by atoms with van der Waals surface area (Å²) in [7, 11) is 0. The Morgan fingerprint density at radius 2 is 2.03 bits per heavy atom. The number of hydrogen-bond donors (Lipinski definition) is 3. The molecule has 2 aromatic carbocycles. The van der Waals surface area contributed by atoms with Crippen molar-refractivity contribution >= 4 is 35.0 Å². The summed E-state index contributed by atoms with van der Waals surface area (Å²) in [6, 6.07) is 12.3. The Kier molecular flexibility index (Phi) is 5.16. The molecule has 2 aliphatic rings. The number of para-hydroxylation sites is 1. The molecular formula is C24H22FN5O3. The van der Waals surface area contributed by atoms with Crippen molar-refractivity contribution in [1.82, 2.24) is 9.97 Å². The van der Waals surface area contributed by atoms with Crippen LogP contribution in [0.3, 0.4) is 0 Å². The summed E-state index contributed by atoms with van der Waals surface area (Å²) in [5.74, 6) is -2.40. The summed E-state index contributed by atoms with van der Waals surface area (Å²) >= 11 is 0. The van der Waals surface area contributed by atoms with Crippen LogP contribution < -0.4 is 21.1 Å². The Balaban J connectivity index is 1.50. The number of benzene rings is 2. The number of rotatable bonds is 3. The number of nitrogens with zero attached hydrogens (tertiary/aromatic N) is 2. The Hall–Kier alpha value is -4.01. The van der Waals surface area contributed by atoms with Gasteiger partial charge in [0.1, 0.15) is 11.6 Å². The van der Waals surface area contributed by atoms with Crippen molar-refractivity contribution in [2.24, 2.45) is 0 Å². The average Bonchev–Trinajstić information content (AvgIpc) is 2.79. The Morgan fingerprint density at radius 1 is 1.21 bits per heavy atom. The molecule has 0 bridgehead atoms. The van der Waals surface area contributed by atoms with E-state index in [4.69, 9.17) is 0 Å². The van der Waals surface area contributed by atoms with E-state index in [0.29, 0.717) is 18.1 Å². The zero-order valence-electron chi connectivity index (χ0n) is 17.9. The maximum absolute atomic E-state index is 14.2. The van der Waals surface area contributed by atoms with E-state index >= 15 is 0 Å². The van der Waals surface area contributed by atoms with E-state index in [9.17, 15) is 18.8 Å². The molecule has 8 nitrogen and oxygen atoms in total. The standard InChI is InChI=1S/C24H22FN5O3/c1-13-8-9-17(16(25)11-13)26-22(32)15-12-19(31)27-21-20(15)23(33)29-24(28-21)30-10-4-6-14-5-2-3-7-18(14)30/h2-3,5,7-9,11,15H,4,6,10,12H2,1H3,(H,26,32)(H2,27,28,29,31,33)/t15-/m1/s1. The molecule has 168 valence electrons. The van der Waals surface area contributed by atoms with Gasteiger partial charge in [-0.05, 0) is 49.1 Å². The number of halogens is 1. The first-order chi connectivity index (χ1) is 15.9. The second kappa shape index (κ2) is 8.16. The SMILES string of the molecule is Cc1ccc(NC(=O)[C@@H]2CC(=O)Nc3nc(N4CCCc5ccccc54)[nH]c(=O)c32)c(F)c1. The van der Waals surface area contributed by atoms with Crippen molar-refractivity contribution in [3.8, 4) is 0 Å². The molecule has 3 N–H and O–H groups in total. The molecule has 33 heavy (non-hydrogen) atoms. The van der Waals surface area contributed by atoms with Crippen LogP contribution in [0, 0.1) is 12.7 Å². The van der Waals surface area contributed by atoms with Crippen molar-refractivity contribution < 1.29 is 14.0 Å². The molecule has 1 aromatic heterocycles. The van der Waals surface area contributed by atoms with E-state index in [1.165, 1.54) is 12.1 Å². The number of hydrogen-bond acceptors (Lipinski definition) is 5. The lowest BCUT2D eigenvalue weighted by molar-refractivity contribution is -0.123. The van der Waals surface area contributed by atoms with Crippen molar-refractivity contribution in [3.63, 3.8) is 0 Å². The fourth-order valence-electron chi connectivity index (χ4n) is 4.41. The molecular weight excluding hydrogens is 425 g/mol. The minimum absolute atomic E-state index is 0.0101. The predicted molar refractivity (Wildman–Crippen MR) is 122 cm³/mol. The number of anilines is 4. The molecule has 0 radical (unpaired) electrons. The van der Waals surface area contributed by atoms with E-state index in [1.54, 1.807) is 13.0 Å².